The molecule has 41 heavy (non-hydrogen) atoms. The first-order chi connectivity index (χ1) is 19.2. The molecule has 1 spiro atoms. The number of nitrogens with one attached hydrogen (secondary N) is 1. The van der Waals surface area contributed by atoms with Gasteiger partial charge in [0.05, 0.1) is 22.6 Å². The Hall–Kier alpha value is -2.98. The third kappa shape index (κ3) is 4.54. The van der Waals surface area contributed by atoms with Crippen LogP contribution >= 0.6 is 0 Å². The molecule has 3 fully saturated rings. The van der Waals surface area contributed by atoms with Crippen molar-refractivity contribution < 1.29 is 34.4 Å². The Balaban J connectivity index is 1.28. The molecule has 1 saturated carbocycles. The van der Waals surface area contributed by atoms with Crippen LogP contribution in [0.1, 0.15) is 71.4 Å². The van der Waals surface area contributed by atoms with Gasteiger partial charge in [0.2, 0.25) is 0 Å². The normalized spacial score (nSPS) is 33.1. The first-order valence-corrected chi connectivity index (χ1v) is 14.9. The molecule has 3 aliphatic heterocycles. The summed E-state index contributed by atoms with van der Waals surface area (Å²) in [7, 11) is 0. The van der Waals surface area contributed by atoms with E-state index < -0.39 is 28.8 Å². The summed E-state index contributed by atoms with van der Waals surface area (Å²) in [6, 6.07) is 3.09. The number of aliphatic hydroxyl groups excluding tert-OH is 1. The second-order valence-corrected chi connectivity index (χ2v) is 13.9. The summed E-state index contributed by atoms with van der Waals surface area (Å²) in [5.41, 5.74) is -1.02. The highest BCUT2D eigenvalue weighted by Gasteiger charge is 2.69. The minimum absolute atomic E-state index is 0.0346. The molecule has 1 aromatic carbocycles. The summed E-state index contributed by atoms with van der Waals surface area (Å²) < 4.78 is 11.7. The van der Waals surface area contributed by atoms with E-state index in [0.717, 1.165) is 24.2 Å². The Labute approximate surface area is 241 Å². The van der Waals surface area contributed by atoms with Crippen molar-refractivity contribution in [1.82, 2.24) is 15.1 Å². The van der Waals surface area contributed by atoms with Gasteiger partial charge < -0.3 is 35.0 Å². The number of hydrogen-bond donors (Lipinski definition) is 4. The fraction of sp³-hybridized carbons (Fsp3) is 0.677. The van der Waals surface area contributed by atoms with Gasteiger partial charge in [-0.2, -0.15) is 0 Å². The molecule has 4 N–H and O–H groups in total. The Bertz CT molecular complexity index is 1300. The van der Waals surface area contributed by atoms with Gasteiger partial charge in [-0.1, -0.05) is 6.07 Å². The van der Waals surface area contributed by atoms with Crippen molar-refractivity contribution in [2.75, 3.05) is 26.2 Å². The number of likely N-dealkylation sites (tertiary alicyclic amines) is 2. The minimum atomic E-state index is -1.27. The lowest BCUT2D eigenvalue weighted by Crippen LogP contribution is -2.73. The summed E-state index contributed by atoms with van der Waals surface area (Å²) >= 11 is 0. The molecule has 2 saturated heterocycles. The maximum absolute atomic E-state index is 13.6. The van der Waals surface area contributed by atoms with Gasteiger partial charge in [-0.3, -0.25) is 9.69 Å². The van der Waals surface area contributed by atoms with Crippen LogP contribution in [0.2, 0.25) is 0 Å². The number of amides is 2. The number of carbonyl (C=O) groups excluding carboxylic acids is 2. The molecule has 1 aromatic rings. The lowest BCUT2D eigenvalue weighted by atomic mass is 9.53. The van der Waals surface area contributed by atoms with Crippen LogP contribution in [0, 0.1) is 5.92 Å². The van der Waals surface area contributed by atoms with Gasteiger partial charge in [0.15, 0.2) is 17.6 Å². The number of aromatic hydroxyl groups is 1. The van der Waals surface area contributed by atoms with Gasteiger partial charge in [0.25, 0.3) is 5.91 Å². The number of carbonyl (C=O) groups is 2. The quantitative estimate of drug-likeness (QED) is 0.314. The number of nitrogens with zero attached hydrogens (tertiary/aromatic N) is 2. The van der Waals surface area contributed by atoms with E-state index in [-0.39, 0.29) is 40.8 Å². The number of benzene rings is 1. The molecular weight excluding hydrogens is 526 g/mol. The number of piperidine rings is 1. The summed E-state index contributed by atoms with van der Waals surface area (Å²) in [6.45, 7) is 11.2. The molecule has 6 rings (SSSR count). The lowest BCUT2D eigenvalue weighted by Gasteiger charge is -2.59. The number of phenolic OH excluding ortho intramolecular Hbond substituents is 1. The molecule has 3 heterocycles. The topological polar surface area (TPSA) is 132 Å². The van der Waals surface area contributed by atoms with Crippen molar-refractivity contribution in [1.29, 1.82) is 0 Å². The molecule has 10 heteroatoms. The summed E-state index contributed by atoms with van der Waals surface area (Å²) in [5, 5.41) is 37.7. The number of ether oxygens (including phenoxy) is 2. The van der Waals surface area contributed by atoms with Crippen molar-refractivity contribution in [2.24, 2.45) is 5.92 Å². The number of aliphatic hydroxyl groups is 2. The molecule has 2 aliphatic carbocycles. The van der Waals surface area contributed by atoms with E-state index in [0.29, 0.717) is 38.3 Å². The van der Waals surface area contributed by atoms with Crippen LogP contribution in [0.3, 0.4) is 0 Å². The van der Waals surface area contributed by atoms with Gasteiger partial charge in [0.1, 0.15) is 11.4 Å². The lowest BCUT2D eigenvalue weighted by molar-refractivity contribution is -0.153. The monoisotopic (exact) mass is 569 g/mol. The Morgan fingerprint density at radius 3 is 2.61 bits per heavy atom. The highest BCUT2D eigenvalue weighted by atomic mass is 16.6. The van der Waals surface area contributed by atoms with Crippen LogP contribution in [-0.2, 0) is 21.4 Å². The first kappa shape index (κ1) is 28.2. The van der Waals surface area contributed by atoms with Crippen molar-refractivity contribution in [3.8, 4) is 11.5 Å². The van der Waals surface area contributed by atoms with Gasteiger partial charge in [0, 0.05) is 31.2 Å². The first-order valence-electron chi connectivity index (χ1n) is 14.9. The van der Waals surface area contributed by atoms with Crippen LogP contribution < -0.4 is 10.1 Å². The van der Waals surface area contributed by atoms with E-state index in [4.69, 9.17) is 9.47 Å². The smallest absolute Gasteiger partial charge is 0.407 e. The molecule has 2 amide bonds. The predicted molar refractivity (Wildman–Crippen MR) is 151 cm³/mol. The molecular formula is C31H43N3O7. The summed E-state index contributed by atoms with van der Waals surface area (Å²) in [4.78, 5) is 29.9. The molecule has 5 atom stereocenters. The highest BCUT2D eigenvalue weighted by Crippen LogP contribution is 2.63. The van der Waals surface area contributed by atoms with E-state index in [1.165, 1.54) is 12.8 Å². The second-order valence-electron chi connectivity index (χ2n) is 13.9. The fourth-order valence-corrected chi connectivity index (χ4v) is 7.65. The average Bonchev–Trinajstić information content (AvgIpc) is 3.45. The fourth-order valence-electron chi connectivity index (χ4n) is 7.65. The number of hydrogen-bond acceptors (Lipinski definition) is 8. The third-order valence-electron chi connectivity index (χ3n) is 9.89. The van der Waals surface area contributed by atoms with Crippen molar-refractivity contribution in [2.45, 2.75) is 102 Å². The predicted octanol–water partition coefficient (Wildman–Crippen LogP) is 3.14. The maximum Gasteiger partial charge on any atom is 0.407 e. The average molecular weight is 570 g/mol. The van der Waals surface area contributed by atoms with E-state index in [1.54, 1.807) is 38.7 Å². The number of fused-ring (bicyclic) bond motifs is 1. The van der Waals surface area contributed by atoms with Crippen LogP contribution in [0.5, 0.6) is 11.5 Å². The zero-order valence-corrected chi connectivity index (χ0v) is 24.7. The van der Waals surface area contributed by atoms with E-state index in [9.17, 15) is 24.9 Å². The van der Waals surface area contributed by atoms with Gasteiger partial charge in [-0.25, -0.2) is 4.79 Å². The second kappa shape index (κ2) is 9.52. The van der Waals surface area contributed by atoms with Crippen molar-refractivity contribution >= 4 is 12.0 Å². The molecule has 0 unspecified atom stereocenters. The molecule has 10 nitrogen and oxygen atoms in total. The Morgan fingerprint density at radius 1 is 1.20 bits per heavy atom. The van der Waals surface area contributed by atoms with Crippen LogP contribution in [0.4, 0.5) is 4.79 Å². The highest BCUT2D eigenvalue weighted by molar-refractivity contribution is 5.94. The number of alkyl carbamates (subject to hydrolysis) is 1. The van der Waals surface area contributed by atoms with Crippen LogP contribution in [0.15, 0.2) is 23.5 Å². The largest absolute Gasteiger partial charge is 0.508 e. The molecule has 0 radical (unpaired) electrons. The Morgan fingerprint density at radius 2 is 1.93 bits per heavy atom. The summed E-state index contributed by atoms with van der Waals surface area (Å²) in [6.07, 6.45) is 2.60. The minimum Gasteiger partial charge on any atom is -0.508 e. The van der Waals surface area contributed by atoms with Crippen LogP contribution in [-0.4, -0.2) is 92.7 Å². The molecule has 2 bridgehead atoms. The SMILES string of the molecule is C/C(C(=O)N1CC[C@@H](NC(=O)OC(C)(C)C)C1)=C(/O)[C@@H]1Oc2c(O)ccc3c2[C@@]12CCN(CC1CC1)[C@H](C3)[C@@]2(C)O. The van der Waals surface area contributed by atoms with Crippen molar-refractivity contribution in [3.63, 3.8) is 0 Å². The van der Waals surface area contributed by atoms with E-state index in [2.05, 4.69) is 10.2 Å². The third-order valence-corrected chi connectivity index (χ3v) is 9.89. The van der Waals surface area contributed by atoms with Gasteiger partial charge in [-0.05, 0) is 90.8 Å². The van der Waals surface area contributed by atoms with Crippen molar-refractivity contribution in [3.05, 3.63) is 34.6 Å². The zero-order valence-electron chi connectivity index (χ0n) is 24.7. The summed E-state index contributed by atoms with van der Waals surface area (Å²) in [5.74, 6) is 0.338. The number of phenols is 1. The van der Waals surface area contributed by atoms with Gasteiger partial charge >= 0.3 is 6.09 Å². The van der Waals surface area contributed by atoms with Crippen LogP contribution in [0.25, 0.3) is 0 Å². The molecule has 224 valence electrons. The Kier molecular flexibility index (Phi) is 6.54. The molecule has 5 aliphatic rings. The van der Waals surface area contributed by atoms with Gasteiger partial charge in [-0.15, -0.1) is 0 Å². The van der Waals surface area contributed by atoms with E-state index in [1.807, 2.05) is 13.0 Å². The van der Waals surface area contributed by atoms with E-state index >= 15 is 0 Å². The molecule has 0 aromatic heterocycles. The number of rotatable bonds is 5. The standard InChI is InChI=1S/C31H43N3O7/c1-17(27(37)34-12-10-20(16-34)32-28(38)41-29(2,3)4)24(36)26-31-11-13-33(15-18-6-7-18)22(30(31,5)39)14-19-8-9-21(35)25(40-26)23(19)31/h8-9,18,20,22,26,35-36,39H,6-7,10-16H2,1-5H3,(H,32,38)/b24-17-/t20-,22-,26+,30-,31+/m1/s1. The zero-order chi connectivity index (χ0) is 29.5. The maximum atomic E-state index is 13.6.